The average Bonchev–Trinajstić information content (AvgIpc) is 3.30. The Morgan fingerprint density at radius 2 is 1.55 bits per heavy atom. The second-order valence-electron chi connectivity index (χ2n) is 10.6. The van der Waals surface area contributed by atoms with Crippen molar-refractivity contribution in [1.29, 1.82) is 0 Å². The lowest BCUT2D eigenvalue weighted by Gasteiger charge is -2.26. The maximum absolute atomic E-state index is 13.5. The predicted molar refractivity (Wildman–Crippen MR) is 149 cm³/mol. The molecule has 2 rings (SSSR count). The van der Waals surface area contributed by atoms with Gasteiger partial charge >= 0.3 is 11.9 Å². The van der Waals surface area contributed by atoms with Crippen LogP contribution in [0, 0.1) is 11.8 Å². The topological polar surface area (TPSA) is 204 Å². The van der Waals surface area contributed by atoms with Gasteiger partial charge in [-0.05, 0) is 36.3 Å². The van der Waals surface area contributed by atoms with E-state index in [4.69, 9.17) is 5.73 Å². The van der Waals surface area contributed by atoms with E-state index in [9.17, 15) is 34.2 Å². The summed E-state index contributed by atoms with van der Waals surface area (Å²) in [6, 6.07) is 2.85. The number of carboxylic acid groups (broad SMARTS) is 2. The minimum absolute atomic E-state index is 0.0634. The highest BCUT2D eigenvalue weighted by atomic mass is 16.4. The lowest BCUT2D eigenvalue weighted by Crippen LogP contribution is -2.58. The molecule has 1 heterocycles. The Bertz CT molecular complexity index is 1190. The Kier molecular flexibility index (Phi) is 12.1. The summed E-state index contributed by atoms with van der Waals surface area (Å²) in [4.78, 5) is 65.7. The third kappa shape index (κ3) is 9.37. The number of hydrogen-bond donors (Lipinski definition) is 7. The standard InChI is InChI=1S/C28H41N5O7/c1-5-16(4)24(28(39)40)33-26(37)21(10-11-23(34)35)31-27(38)22(32-25(36)19(29)12-15(2)3)13-17-14-30-20-9-7-6-8-18(17)20/h6-9,14-16,19,21-22,24,30H,5,10-13,29H2,1-4H3,(H,31,38)(H,32,36)(H,33,37)(H,34,35)(H,39,40). The first kappa shape index (κ1) is 32.3. The molecule has 1 aromatic carbocycles. The quantitative estimate of drug-likeness (QED) is 0.160. The van der Waals surface area contributed by atoms with E-state index in [0.29, 0.717) is 12.8 Å². The minimum Gasteiger partial charge on any atom is -0.481 e. The SMILES string of the molecule is CCC(C)C(NC(=O)C(CCC(=O)O)NC(=O)C(Cc1c[nH]c2ccccc12)NC(=O)C(N)CC(C)C)C(=O)O. The van der Waals surface area contributed by atoms with Crippen LogP contribution in [0.3, 0.4) is 0 Å². The van der Waals surface area contributed by atoms with E-state index < -0.39 is 66.2 Å². The number of carbonyl (C=O) groups is 5. The molecule has 40 heavy (non-hydrogen) atoms. The molecular formula is C28H41N5O7. The van der Waals surface area contributed by atoms with Gasteiger partial charge in [0, 0.05) is 29.9 Å². The first-order valence-corrected chi connectivity index (χ1v) is 13.5. The number of carboxylic acids is 2. The Morgan fingerprint density at radius 3 is 2.15 bits per heavy atom. The number of aromatic amines is 1. The molecule has 0 aliphatic heterocycles. The fourth-order valence-electron chi connectivity index (χ4n) is 4.37. The van der Waals surface area contributed by atoms with Crippen LogP contribution in [0.1, 0.15) is 58.9 Å². The maximum Gasteiger partial charge on any atom is 0.326 e. The molecule has 0 bridgehead atoms. The molecule has 0 saturated carbocycles. The summed E-state index contributed by atoms with van der Waals surface area (Å²) >= 11 is 0. The molecular weight excluding hydrogens is 518 g/mol. The lowest BCUT2D eigenvalue weighted by molar-refractivity contribution is -0.144. The van der Waals surface area contributed by atoms with Gasteiger partial charge < -0.3 is 36.9 Å². The van der Waals surface area contributed by atoms with Crippen molar-refractivity contribution in [3.63, 3.8) is 0 Å². The van der Waals surface area contributed by atoms with Crippen molar-refractivity contribution in [2.24, 2.45) is 17.6 Å². The molecule has 8 N–H and O–H groups in total. The maximum atomic E-state index is 13.5. The fraction of sp³-hybridized carbons (Fsp3) is 0.536. The molecule has 12 nitrogen and oxygen atoms in total. The van der Waals surface area contributed by atoms with Gasteiger partial charge in [-0.1, -0.05) is 52.3 Å². The van der Waals surface area contributed by atoms with Crippen LogP contribution >= 0.6 is 0 Å². The molecule has 220 valence electrons. The van der Waals surface area contributed by atoms with Crippen LogP contribution in [0.4, 0.5) is 0 Å². The van der Waals surface area contributed by atoms with E-state index in [1.54, 1.807) is 20.0 Å². The van der Waals surface area contributed by atoms with Crippen molar-refractivity contribution in [2.75, 3.05) is 0 Å². The Labute approximate surface area is 233 Å². The molecule has 0 saturated heterocycles. The molecule has 12 heteroatoms. The van der Waals surface area contributed by atoms with Gasteiger partial charge in [-0.3, -0.25) is 19.2 Å². The summed E-state index contributed by atoms with van der Waals surface area (Å²) in [5.41, 5.74) is 7.63. The van der Waals surface area contributed by atoms with Crippen LogP contribution < -0.4 is 21.7 Å². The number of hydrogen-bond acceptors (Lipinski definition) is 6. The molecule has 0 radical (unpaired) electrons. The Balaban J connectivity index is 2.33. The molecule has 0 spiro atoms. The van der Waals surface area contributed by atoms with Gasteiger partial charge in [0.25, 0.3) is 0 Å². The largest absolute Gasteiger partial charge is 0.481 e. The number of fused-ring (bicyclic) bond motifs is 1. The number of aromatic nitrogens is 1. The van der Waals surface area contributed by atoms with E-state index in [0.717, 1.165) is 16.5 Å². The minimum atomic E-state index is -1.35. The van der Waals surface area contributed by atoms with Crippen molar-refractivity contribution >= 4 is 40.6 Å². The van der Waals surface area contributed by atoms with E-state index in [1.807, 2.05) is 38.1 Å². The first-order valence-electron chi connectivity index (χ1n) is 13.5. The zero-order chi connectivity index (χ0) is 30.0. The molecule has 2 aromatic rings. The van der Waals surface area contributed by atoms with Crippen molar-refractivity contribution in [3.8, 4) is 0 Å². The monoisotopic (exact) mass is 559 g/mol. The number of nitrogens with two attached hydrogens (primary N) is 1. The summed E-state index contributed by atoms with van der Waals surface area (Å²) in [6.45, 7) is 7.27. The number of amides is 3. The number of para-hydroxylation sites is 1. The lowest BCUT2D eigenvalue weighted by atomic mass is 9.98. The third-order valence-electron chi connectivity index (χ3n) is 6.85. The van der Waals surface area contributed by atoms with E-state index in [2.05, 4.69) is 20.9 Å². The number of aliphatic carboxylic acids is 2. The van der Waals surface area contributed by atoms with Crippen LogP contribution in [0.25, 0.3) is 10.9 Å². The molecule has 0 aliphatic carbocycles. The second kappa shape index (κ2) is 15.0. The smallest absolute Gasteiger partial charge is 0.326 e. The number of carbonyl (C=O) groups excluding carboxylic acids is 3. The summed E-state index contributed by atoms with van der Waals surface area (Å²) in [5, 5.41) is 27.3. The molecule has 0 aliphatic rings. The second-order valence-corrected chi connectivity index (χ2v) is 10.6. The van der Waals surface area contributed by atoms with Gasteiger partial charge in [0.1, 0.15) is 18.1 Å². The van der Waals surface area contributed by atoms with Crippen LogP contribution in [0.5, 0.6) is 0 Å². The van der Waals surface area contributed by atoms with Crippen LogP contribution in [-0.4, -0.2) is 69.0 Å². The van der Waals surface area contributed by atoms with Crippen LogP contribution in [0.2, 0.25) is 0 Å². The Hall–Kier alpha value is -3.93. The van der Waals surface area contributed by atoms with E-state index in [-0.39, 0.29) is 18.8 Å². The van der Waals surface area contributed by atoms with Crippen molar-refractivity contribution in [3.05, 3.63) is 36.0 Å². The van der Waals surface area contributed by atoms with Gasteiger partial charge in [0.05, 0.1) is 6.04 Å². The van der Waals surface area contributed by atoms with Gasteiger partial charge in [-0.25, -0.2) is 4.79 Å². The number of rotatable bonds is 16. The highest BCUT2D eigenvalue weighted by Crippen LogP contribution is 2.19. The van der Waals surface area contributed by atoms with Gasteiger partial charge in [0.2, 0.25) is 17.7 Å². The predicted octanol–water partition coefficient (Wildman–Crippen LogP) is 1.53. The zero-order valence-corrected chi connectivity index (χ0v) is 23.4. The van der Waals surface area contributed by atoms with Gasteiger partial charge in [0.15, 0.2) is 0 Å². The molecule has 1 aromatic heterocycles. The molecule has 5 atom stereocenters. The number of benzene rings is 1. The number of H-pyrrole nitrogens is 1. The fourth-order valence-corrected chi connectivity index (χ4v) is 4.37. The average molecular weight is 560 g/mol. The highest BCUT2D eigenvalue weighted by Gasteiger charge is 2.32. The highest BCUT2D eigenvalue weighted by molar-refractivity contribution is 5.95. The molecule has 0 fully saturated rings. The Morgan fingerprint density at radius 1 is 0.925 bits per heavy atom. The first-order chi connectivity index (χ1) is 18.8. The van der Waals surface area contributed by atoms with Gasteiger partial charge in [-0.2, -0.15) is 0 Å². The van der Waals surface area contributed by atoms with Crippen molar-refractivity contribution < 1.29 is 34.2 Å². The van der Waals surface area contributed by atoms with Crippen LogP contribution in [-0.2, 0) is 30.4 Å². The number of nitrogens with one attached hydrogen (secondary N) is 4. The zero-order valence-electron chi connectivity index (χ0n) is 23.4. The summed E-state index contributed by atoms with van der Waals surface area (Å²) < 4.78 is 0. The summed E-state index contributed by atoms with van der Waals surface area (Å²) in [6.07, 6.45) is 1.93. The summed E-state index contributed by atoms with van der Waals surface area (Å²) in [7, 11) is 0. The van der Waals surface area contributed by atoms with Crippen LogP contribution in [0.15, 0.2) is 30.5 Å². The van der Waals surface area contributed by atoms with Crippen molar-refractivity contribution in [2.45, 2.75) is 84.0 Å². The van der Waals surface area contributed by atoms with E-state index >= 15 is 0 Å². The molecule has 3 amide bonds. The van der Waals surface area contributed by atoms with Gasteiger partial charge in [-0.15, -0.1) is 0 Å². The van der Waals surface area contributed by atoms with Crippen molar-refractivity contribution in [1.82, 2.24) is 20.9 Å². The summed E-state index contributed by atoms with van der Waals surface area (Å²) in [5.74, 6) is -4.79. The normalized spacial score (nSPS) is 15.1. The van der Waals surface area contributed by atoms with E-state index in [1.165, 1.54) is 0 Å². The molecule has 5 unspecified atom stereocenters. The third-order valence-corrected chi connectivity index (χ3v) is 6.85.